The summed E-state index contributed by atoms with van der Waals surface area (Å²) in [6.45, 7) is 8.51. The highest BCUT2D eigenvalue weighted by Crippen LogP contribution is 2.40. The normalized spacial score (nSPS) is 11.2. The zero-order chi connectivity index (χ0) is 51.5. The Bertz CT molecular complexity index is 4490. The molecular weight excluding hydrogens is 913 g/mol. The third-order valence-electron chi connectivity index (χ3n) is 15.1. The molecule has 0 saturated heterocycles. The van der Waals surface area contributed by atoms with Crippen molar-refractivity contribution in [1.29, 1.82) is 0 Å². The fraction of sp³-hybridized carbons (Fsp3) is 0.0526. The molecule has 0 spiro atoms. The van der Waals surface area contributed by atoms with Gasteiger partial charge >= 0.3 is 0 Å². The van der Waals surface area contributed by atoms with Gasteiger partial charge < -0.3 is 0 Å². The van der Waals surface area contributed by atoms with Crippen molar-refractivity contribution in [2.24, 2.45) is 0 Å². The van der Waals surface area contributed by atoms with E-state index in [-0.39, 0.29) is 0 Å². The van der Waals surface area contributed by atoms with Crippen LogP contribution in [0.25, 0.3) is 119 Å². The van der Waals surface area contributed by atoms with E-state index in [2.05, 4.69) is 289 Å². The van der Waals surface area contributed by atoms with Gasteiger partial charge in [0.2, 0.25) is 0 Å². The van der Waals surface area contributed by atoms with Crippen LogP contribution in [0, 0.1) is 27.7 Å². The summed E-state index contributed by atoms with van der Waals surface area (Å²) < 4.78 is 0. The zero-order valence-corrected chi connectivity index (χ0v) is 43.6. The van der Waals surface area contributed by atoms with E-state index in [1.165, 1.54) is 141 Å². The summed E-state index contributed by atoms with van der Waals surface area (Å²) in [7, 11) is 0. The van der Waals surface area contributed by atoms with Crippen LogP contribution < -0.4 is 0 Å². The number of aryl methyl sites for hydroxylation is 4. The molecule has 0 aromatic heterocycles. The van der Waals surface area contributed by atoms with Gasteiger partial charge in [-0.2, -0.15) is 0 Å². The zero-order valence-electron chi connectivity index (χ0n) is 43.6. The Morgan fingerprint density at radius 1 is 0.132 bits per heavy atom. The largest absolute Gasteiger partial charge is 0.0622 e. The first-order valence-corrected chi connectivity index (χ1v) is 26.5. The van der Waals surface area contributed by atoms with Crippen LogP contribution in [0.1, 0.15) is 22.3 Å². The van der Waals surface area contributed by atoms with E-state index in [0.29, 0.717) is 0 Å². The van der Waals surface area contributed by atoms with Gasteiger partial charge in [0.15, 0.2) is 0 Å². The lowest BCUT2D eigenvalue weighted by atomic mass is 9.92. The maximum absolute atomic E-state index is 2.35. The third kappa shape index (κ3) is 9.32. The van der Waals surface area contributed by atoms with E-state index < -0.39 is 0 Å². The van der Waals surface area contributed by atoms with E-state index in [4.69, 9.17) is 0 Å². The number of rotatable bonds is 2. The van der Waals surface area contributed by atoms with E-state index in [0.717, 1.165) is 0 Å². The Hall–Kier alpha value is -9.36. The number of hydrogen-bond acceptors (Lipinski definition) is 0. The summed E-state index contributed by atoms with van der Waals surface area (Å²) in [5, 5.41) is 24.0. The van der Waals surface area contributed by atoms with Crippen LogP contribution in [0.2, 0.25) is 0 Å². The quantitative estimate of drug-likeness (QED) is 0.151. The third-order valence-corrected chi connectivity index (χ3v) is 15.1. The van der Waals surface area contributed by atoms with Crippen LogP contribution in [0.4, 0.5) is 0 Å². The van der Waals surface area contributed by atoms with Gasteiger partial charge in [-0.05, 0) is 159 Å². The smallest absolute Gasteiger partial charge is 0.00928 e. The Morgan fingerprint density at radius 3 is 0.724 bits per heavy atom. The molecule has 15 rings (SSSR count). The van der Waals surface area contributed by atoms with Crippen LogP contribution in [-0.4, -0.2) is 0 Å². The lowest BCUT2D eigenvalue weighted by Gasteiger charge is -2.12. The molecule has 0 amide bonds. The van der Waals surface area contributed by atoms with Crippen molar-refractivity contribution >= 4 is 97.0 Å². The molecule has 76 heavy (non-hydrogen) atoms. The van der Waals surface area contributed by atoms with Gasteiger partial charge in [-0.25, -0.2) is 0 Å². The predicted octanol–water partition coefficient (Wildman–Crippen LogP) is 21.7. The molecule has 0 radical (unpaired) electrons. The molecule has 0 saturated carbocycles. The van der Waals surface area contributed by atoms with Gasteiger partial charge in [-0.3, -0.25) is 0 Å². The minimum Gasteiger partial charge on any atom is -0.0622 e. The molecule has 362 valence electrons. The Morgan fingerprint density at radius 2 is 0.368 bits per heavy atom. The van der Waals surface area contributed by atoms with Gasteiger partial charge in [-0.15, -0.1) is 0 Å². The second-order valence-corrected chi connectivity index (χ2v) is 20.2. The summed E-state index contributed by atoms with van der Waals surface area (Å²) in [5.74, 6) is 0. The highest BCUT2D eigenvalue weighted by molar-refractivity contribution is 6.28. The van der Waals surface area contributed by atoms with Crippen LogP contribution in [0.3, 0.4) is 0 Å². The highest BCUT2D eigenvalue weighted by Gasteiger charge is 2.12. The highest BCUT2D eigenvalue weighted by atomic mass is 14.2. The fourth-order valence-corrected chi connectivity index (χ4v) is 11.3. The van der Waals surface area contributed by atoms with Crippen LogP contribution >= 0.6 is 0 Å². The van der Waals surface area contributed by atoms with Crippen molar-refractivity contribution < 1.29 is 0 Å². The molecule has 0 fully saturated rings. The van der Waals surface area contributed by atoms with Crippen molar-refractivity contribution in [2.75, 3.05) is 0 Å². The average molecular weight is 971 g/mol. The van der Waals surface area contributed by atoms with Crippen LogP contribution in [0.15, 0.2) is 279 Å². The van der Waals surface area contributed by atoms with Gasteiger partial charge in [0.1, 0.15) is 0 Å². The Labute approximate surface area is 445 Å². The molecule has 0 nitrogen and oxygen atoms in total. The monoisotopic (exact) mass is 970 g/mol. The molecule has 0 aliphatic heterocycles. The molecule has 0 unspecified atom stereocenters. The average Bonchev–Trinajstić information content (AvgIpc) is 3.49. The number of benzene rings is 15. The minimum absolute atomic E-state index is 1.27. The molecule has 15 aromatic carbocycles. The summed E-state index contributed by atoms with van der Waals surface area (Å²) in [4.78, 5) is 0. The molecule has 0 heterocycles. The summed E-state index contributed by atoms with van der Waals surface area (Å²) in [6.07, 6.45) is 0. The second kappa shape index (κ2) is 20.9. The number of hydrogen-bond donors (Lipinski definition) is 0. The van der Waals surface area contributed by atoms with E-state index in [1.807, 2.05) is 18.2 Å². The van der Waals surface area contributed by atoms with Gasteiger partial charge in [0, 0.05) is 0 Å². The van der Waals surface area contributed by atoms with Crippen molar-refractivity contribution in [1.82, 2.24) is 0 Å². The maximum atomic E-state index is 2.35. The molecule has 0 aliphatic rings. The standard InChI is InChI=1S/2C25H18.C19H14.C7H8/c1-17-7-6-8-18(15-17)19-13-14-24-22-11-3-2-9-20(22)21-10-4-5-12-23(21)25(24)16-19;1-17-10-12-18(13-11-17)19-14-15-24-22-8-3-2-6-20(22)21-7-4-5-9-23(21)25(24)16-19;1-13-10-11-18-16-8-3-2-6-14(16)15-7-4-5-9-17(15)19(18)12-13;1-7-5-3-2-4-6-7/h2*2-16H,1H3;2-12H,1H3;2-6H,1H3. The molecule has 0 bridgehead atoms. The minimum atomic E-state index is 1.27. The van der Waals surface area contributed by atoms with Crippen LogP contribution in [-0.2, 0) is 0 Å². The van der Waals surface area contributed by atoms with Crippen molar-refractivity contribution in [3.63, 3.8) is 0 Å². The van der Waals surface area contributed by atoms with Crippen LogP contribution in [0.5, 0.6) is 0 Å². The molecule has 0 aliphatic carbocycles. The summed E-state index contributed by atoms with van der Waals surface area (Å²) >= 11 is 0. The van der Waals surface area contributed by atoms with Crippen molar-refractivity contribution in [3.8, 4) is 22.3 Å². The lowest BCUT2D eigenvalue weighted by molar-refractivity contribution is 1.47. The Kier molecular flexibility index (Phi) is 13.1. The molecular formula is C76H58. The topological polar surface area (TPSA) is 0 Å². The van der Waals surface area contributed by atoms with Gasteiger partial charge in [0.05, 0.1) is 0 Å². The predicted molar refractivity (Wildman–Crippen MR) is 333 cm³/mol. The molecule has 0 atom stereocenters. The summed E-state index contributed by atoms with van der Waals surface area (Å²) in [5.41, 5.74) is 10.3. The maximum Gasteiger partial charge on any atom is -0.00928 e. The first kappa shape index (κ1) is 47.6. The van der Waals surface area contributed by atoms with Gasteiger partial charge in [0.25, 0.3) is 0 Å². The second-order valence-electron chi connectivity index (χ2n) is 20.2. The first-order valence-electron chi connectivity index (χ1n) is 26.5. The Balaban J connectivity index is 0.000000109. The molecule has 0 heteroatoms. The van der Waals surface area contributed by atoms with Crippen molar-refractivity contribution in [3.05, 3.63) is 301 Å². The fourth-order valence-electron chi connectivity index (χ4n) is 11.3. The van der Waals surface area contributed by atoms with E-state index in [9.17, 15) is 0 Å². The number of fused-ring (bicyclic) bond motifs is 18. The van der Waals surface area contributed by atoms with Gasteiger partial charge in [-0.1, -0.05) is 289 Å². The summed E-state index contributed by atoms with van der Waals surface area (Å²) in [6, 6.07) is 101. The molecule has 0 N–H and O–H groups in total. The van der Waals surface area contributed by atoms with E-state index >= 15 is 0 Å². The first-order chi connectivity index (χ1) is 37.4. The lowest BCUT2D eigenvalue weighted by Crippen LogP contribution is -1.85. The van der Waals surface area contributed by atoms with E-state index in [1.54, 1.807) is 0 Å². The SMILES string of the molecule is Cc1ccc(-c2ccc3c4ccccc4c4ccccc4c3c2)cc1.Cc1ccc2c3ccccc3c3ccccc3c2c1.Cc1cccc(-c2ccc3c4ccccc4c4ccccc4c3c2)c1.Cc1ccccc1. The molecule has 15 aromatic rings. The van der Waals surface area contributed by atoms with Crippen molar-refractivity contribution in [2.45, 2.75) is 27.7 Å².